The standard InChI is InChI=1S/C17H16N4S/c1-2-4-15-14(3-1)17(21-9-11-22-12-10-21)20-16(19-15)13-5-7-18-8-6-13/h1-8H,9-12H2. The van der Waals surface area contributed by atoms with Crippen LogP contribution < -0.4 is 4.90 Å². The van der Waals surface area contributed by atoms with Gasteiger partial charge in [-0.2, -0.15) is 11.8 Å². The lowest BCUT2D eigenvalue weighted by molar-refractivity contribution is 0.843. The van der Waals surface area contributed by atoms with Gasteiger partial charge in [0.05, 0.1) is 5.52 Å². The molecule has 0 atom stereocenters. The lowest BCUT2D eigenvalue weighted by atomic mass is 10.2. The average Bonchev–Trinajstić information content (AvgIpc) is 2.62. The Kier molecular flexibility index (Phi) is 3.64. The van der Waals surface area contributed by atoms with Gasteiger partial charge in [-0.1, -0.05) is 12.1 Å². The maximum Gasteiger partial charge on any atom is 0.162 e. The Morgan fingerprint density at radius 3 is 2.50 bits per heavy atom. The van der Waals surface area contributed by atoms with Crippen LogP contribution in [0.4, 0.5) is 5.82 Å². The van der Waals surface area contributed by atoms with Crippen molar-refractivity contribution >= 4 is 28.5 Å². The molecule has 0 radical (unpaired) electrons. The minimum absolute atomic E-state index is 0.773. The Hall–Kier alpha value is -2.14. The summed E-state index contributed by atoms with van der Waals surface area (Å²) in [6.45, 7) is 2.09. The van der Waals surface area contributed by atoms with E-state index in [0.29, 0.717) is 0 Å². The fourth-order valence-corrected chi connectivity index (χ4v) is 3.61. The van der Waals surface area contributed by atoms with Crippen molar-refractivity contribution in [2.45, 2.75) is 0 Å². The smallest absolute Gasteiger partial charge is 0.162 e. The molecule has 0 amide bonds. The van der Waals surface area contributed by atoms with E-state index in [0.717, 1.165) is 52.7 Å². The van der Waals surface area contributed by atoms with Crippen molar-refractivity contribution in [2.24, 2.45) is 0 Å². The summed E-state index contributed by atoms with van der Waals surface area (Å²) in [6.07, 6.45) is 3.57. The van der Waals surface area contributed by atoms with E-state index in [4.69, 9.17) is 9.97 Å². The van der Waals surface area contributed by atoms with E-state index < -0.39 is 0 Å². The quantitative estimate of drug-likeness (QED) is 0.727. The Bertz CT molecular complexity index is 785. The number of rotatable bonds is 2. The van der Waals surface area contributed by atoms with Crippen LogP contribution in [0.15, 0.2) is 48.8 Å². The lowest BCUT2D eigenvalue weighted by Crippen LogP contribution is -2.33. The number of hydrogen-bond donors (Lipinski definition) is 0. The maximum atomic E-state index is 4.87. The van der Waals surface area contributed by atoms with Crippen molar-refractivity contribution in [3.05, 3.63) is 48.8 Å². The van der Waals surface area contributed by atoms with Crippen LogP contribution in [0.25, 0.3) is 22.3 Å². The van der Waals surface area contributed by atoms with E-state index in [1.807, 2.05) is 30.0 Å². The molecule has 3 aromatic rings. The molecule has 0 spiro atoms. The van der Waals surface area contributed by atoms with Gasteiger partial charge in [-0.15, -0.1) is 0 Å². The first-order valence-electron chi connectivity index (χ1n) is 7.42. The molecule has 0 saturated carbocycles. The molecule has 3 heterocycles. The molecule has 1 fully saturated rings. The lowest BCUT2D eigenvalue weighted by Gasteiger charge is -2.28. The van der Waals surface area contributed by atoms with E-state index in [-0.39, 0.29) is 0 Å². The van der Waals surface area contributed by atoms with E-state index in [9.17, 15) is 0 Å². The molecule has 1 aliphatic heterocycles. The highest BCUT2D eigenvalue weighted by Gasteiger charge is 2.17. The van der Waals surface area contributed by atoms with Gasteiger partial charge in [0.15, 0.2) is 5.82 Å². The molecule has 0 N–H and O–H groups in total. The second-order valence-corrected chi connectivity index (χ2v) is 6.45. The van der Waals surface area contributed by atoms with Crippen LogP contribution in [-0.4, -0.2) is 39.5 Å². The number of para-hydroxylation sites is 1. The minimum Gasteiger partial charge on any atom is -0.354 e. The van der Waals surface area contributed by atoms with Gasteiger partial charge in [-0.05, 0) is 24.3 Å². The Balaban J connectivity index is 1.89. The summed E-state index contributed by atoms with van der Waals surface area (Å²) < 4.78 is 0. The van der Waals surface area contributed by atoms with E-state index in [1.165, 1.54) is 0 Å². The summed E-state index contributed by atoms with van der Waals surface area (Å²) in [5.74, 6) is 4.14. The Morgan fingerprint density at radius 2 is 1.68 bits per heavy atom. The number of nitrogens with zero attached hydrogens (tertiary/aromatic N) is 4. The molecule has 0 bridgehead atoms. The second-order valence-electron chi connectivity index (χ2n) is 5.22. The van der Waals surface area contributed by atoms with E-state index in [2.05, 4.69) is 28.1 Å². The molecule has 0 aliphatic carbocycles. The summed E-state index contributed by atoms with van der Waals surface area (Å²) in [6, 6.07) is 12.2. The molecule has 1 aromatic carbocycles. The fourth-order valence-electron chi connectivity index (χ4n) is 2.71. The normalized spacial score (nSPS) is 15.2. The zero-order chi connectivity index (χ0) is 14.8. The predicted octanol–water partition coefficient (Wildman–Crippen LogP) is 3.25. The number of hydrogen-bond acceptors (Lipinski definition) is 5. The third kappa shape index (κ3) is 2.52. The molecule has 2 aromatic heterocycles. The Morgan fingerprint density at radius 1 is 0.909 bits per heavy atom. The van der Waals surface area contributed by atoms with Crippen LogP contribution in [0.5, 0.6) is 0 Å². The molecular weight excluding hydrogens is 292 g/mol. The predicted molar refractivity (Wildman–Crippen MR) is 92.3 cm³/mol. The summed E-state index contributed by atoms with van der Waals surface area (Å²) in [5.41, 5.74) is 2.01. The van der Waals surface area contributed by atoms with Crippen molar-refractivity contribution < 1.29 is 0 Å². The summed E-state index contributed by atoms with van der Waals surface area (Å²) in [5, 5.41) is 1.13. The zero-order valence-corrected chi connectivity index (χ0v) is 13.0. The summed E-state index contributed by atoms with van der Waals surface area (Å²) in [4.78, 5) is 16.1. The second kappa shape index (κ2) is 5.93. The fraction of sp³-hybridized carbons (Fsp3) is 0.235. The number of thioether (sulfide) groups is 1. The van der Waals surface area contributed by atoms with Crippen molar-refractivity contribution in [3.63, 3.8) is 0 Å². The van der Waals surface area contributed by atoms with Crippen molar-refractivity contribution in [1.82, 2.24) is 15.0 Å². The van der Waals surface area contributed by atoms with E-state index >= 15 is 0 Å². The van der Waals surface area contributed by atoms with Crippen molar-refractivity contribution in [2.75, 3.05) is 29.5 Å². The largest absolute Gasteiger partial charge is 0.354 e. The molecular formula is C17H16N4S. The van der Waals surface area contributed by atoms with Gasteiger partial charge in [-0.25, -0.2) is 9.97 Å². The van der Waals surface area contributed by atoms with Crippen LogP contribution in [0.2, 0.25) is 0 Å². The molecule has 110 valence electrons. The number of benzene rings is 1. The molecule has 0 unspecified atom stereocenters. The van der Waals surface area contributed by atoms with Gasteiger partial charge in [0, 0.05) is 47.9 Å². The molecule has 5 heteroatoms. The highest BCUT2D eigenvalue weighted by atomic mass is 32.2. The van der Waals surface area contributed by atoms with Crippen LogP contribution in [0.3, 0.4) is 0 Å². The minimum atomic E-state index is 0.773. The van der Waals surface area contributed by atoms with Gasteiger partial charge >= 0.3 is 0 Å². The third-order valence-corrected chi connectivity index (χ3v) is 4.77. The van der Waals surface area contributed by atoms with Crippen LogP contribution >= 0.6 is 11.8 Å². The van der Waals surface area contributed by atoms with Crippen LogP contribution in [0, 0.1) is 0 Å². The summed E-state index contributed by atoms with van der Waals surface area (Å²) in [7, 11) is 0. The van der Waals surface area contributed by atoms with Crippen LogP contribution in [-0.2, 0) is 0 Å². The van der Waals surface area contributed by atoms with Gasteiger partial charge in [0.25, 0.3) is 0 Å². The first-order chi connectivity index (χ1) is 10.9. The average molecular weight is 308 g/mol. The van der Waals surface area contributed by atoms with Crippen LogP contribution in [0.1, 0.15) is 0 Å². The first-order valence-corrected chi connectivity index (χ1v) is 8.57. The van der Waals surface area contributed by atoms with Gasteiger partial charge in [-0.3, -0.25) is 4.98 Å². The number of fused-ring (bicyclic) bond motifs is 1. The highest BCUT2D eigenvalue weighted by molar-refractivity contribution is 7.99. The van der Waals surface area contributed by atoms with Gasteiger partial charge < -0.3 is 4.90 Å². The molecule has 4 rings (SSSR count). The van der Waals surface area contributed by atoms with E-state index in [1.54, 1.807) is 12.4 Å². The molecule has 22 heavy (non-hydrogen) atoms. The Labute approximate surface area is 133 Å². The monoisotopic (exact) mass is 308 g/mol. The van der Waals surface area contributed by atoms with Gasteiger partial charge in [0.1, 0.15) is 5.82 Å². The summed E-state index contributed by atoms with van der Waals surface area (Å²) >= 11 is 2.01. The topological polar surface area (TPSA) is 41.9 Å². The highest BCUT2D eigenvalue weighted by Crippen LogP contribution is 2.28. The maximum absolute atomic E-state index is 4.87. The number of pyridine rings is 1. The van der Waals surface area contributed by atoms with Gasteiger partial charge in [0.2, 0.25) is 0 Å². The zero-order valence-electron chi connectivity index (χ0n) is 12.1. The SMILES string of the molecule is c1ccc2c(N3CCSCC3)nc(-c3ccncc3)nc2c1. The third-order valence-electron chi connectivity index (χ3n) is 3.83. The molecule has 4 nitrogen and oxygen atoms in total. The molecule has 1 aliphatic rings. The van der Waals surface area contributed by atoms with Crippen molar-refractivity contribution in [1.29, 1.82) is 0 Å². The van der Waals surface area contributed by atoms with Crippen molar-refractivity contribution in [3.8, 4) is 11.4 Å². The molecule has 1 saturated heterocycles. The number of aromatic nitrogens is 3. The number of anilines is 1. The first kappa shape index (κ1) is 13.5.